The van der Waals surface area contributed by atoms with Gasteiger partial charge in [0.25, 0.3) is 0 Å². The summed E-state index contributed by atoms with van der Waals surface area (Å²) in [6, 6.07) is 10.3. The van der Waals surface area contributed by atoms with E-state index in [1.165, 1.54) is 0 Å². The van der Waals surface area contributed by atoms with Crippen LogP contribution in [0.1, 0.15) is 37.3 Å². The van der Waals surface area contributed by atoms with E-state index in [1.807, 2.05) is 25.3 Å². The molecule has 2 aromatic heterocycles. The van der Waals surface area contributed by atoms with Crippen LogP contribution >= 0.6 is 11.6 Å². The van der Waals surface area contributed by atoms with Gasteiger partial charge in [-0.15, -0.1) is 0 Å². The molecule has 3 aromatic rings. The summed E-state index contributed by atoms with van der Waals surface area (Å²) in [6.07, 6.45) is 6.30. The summed E-state index contributed by atoms with van der Waals surface area (Å²) >= 11 is 6.98. The first kappa shape index (κ1) is 17.1. The highest BCUT2D eigenvalue weighted by atomic mass is 35.5. The summed E-state index contributed by atoms with van der Waals surface area (Å²) in [7, 11) is 0. The highest BCUT2D eigenvalue weighted by Gasteiger charge is 2.52. The first-order valence-corrected chi connectivity index (χ1v) is 9.72. The van der Waals surface area contributed by atoms with Crippen molar-refractivity contribution in [2.45, 2.75) is 31.6 Å². The van der Waals surface area contributed by atoms with Gasteiger partial charge in [-0.2, -0.15) is 10.5 Å². The molecule has 1 aliphatic heterocycles. The van der Waals surface area contributed by atoms with Crippen LogP contribution in [0, 0.1) is 28.1 Å². The molecule has 1 aromatic carbocycles. The van der Waals surface area contributed by atoms with Crippen LogP contribution in [0.15, 0.2) is 30.6 Å². The predicted octanol–water partition coefficient (Wildman–Crippen LogP) is 5.13. The van der Waals surface area contributed by atoms with Gasteiger partial charge < -0.3 is 10.3 Å². The van der Waals surface area contributed by atoms with Crippen molar-refractivity contribution in [2.75, 3.05) is 11.9 Å². The fraction of sp³-hybridized carbons (Fsp3) is 0.318. The first-order chi connectivity index (χ1) is 13.5. The molecule has 1 saturated carbocycles. The van der Waals surface area contributed by atoms with Crippen LogP contribution in [-0.2, 0) is 5.41 Å². The number of fused-ring (bicyclic) bond motifs is 3. The Labute approximate surface area is 168 Å². The van der Waals surface area contributed by atoms with E-state index in [4.69, 9.17) is 11.6 Å². The highest BCUT2D eigenvalue weighted by Crippen LogP contribution is 2.57. The number of H-pyrrole nitrogens is 1. The molecule has 28 heavy (non-hydrogen) atoms. The molecule has 0 bridgehead atoms. The number of rotatable bonds is 1. The number of halogens is 1. The summed E-state index contributed by atoms with van der Waals surface area (Å²) in [6.45, 7) is 2.80. The zero-order chi connectivity index (χ0) is 19.5. The monoisotopic (exact) mass is 387 g/mol. The Morgan fingerprint density at radius 2 is 2.07 bits per heavy atom. The average Bonchev–Trinajstić information content (AvgIpc) is 3.39. The quantitative estimate of drug-likeness (QED) is 0.605. The van der Waals surface area contributed by atoms with Gasteiger partial charge in [0.15, 0.2) is 0 Å². The van der Waals surface area contributed by atoms with Crippen molar-refractivity contribution in [1.82, 2.24) is 9.97 Å². The molecule has 0 unspecified atom stereocenters. The van der Waals surface area contributed by atoms with Crippen LogP contribution in [0.4, 0.5) is 5.82 Å². The van der Waals surface area contributed by atoms with Gasteiger partial charge in [0.1, 0.15) is 5.82 Å². The van der Waals surface area contributed by atoms with Gasteiger partial charge in [0, 0.05) is 51.9 Å². The molecule has 5 nitrogen and oxygen atoms in total. The van der Waals surface area contributed by atoms with Gasteiger partial charge in [-0.1, -0.05) is 11.6 Å². The van der Waals surface area contributed by atoms with Crippen LogP contribution in [0.25, 0.3) is 22.0 Å². The first-order valence-electron chi connectivity index (χ1n) is 9.34. The van der Waals surface area contributed by atoms with E-state index in [-0.39, 0.29) is 10.8 Å². The largest absolute Gasteiger partial charge is 0.369 e. The van der Waals surface area contributed by atoms with Crippen molar-refractivity contribution in [2.24, 2.45) is 5.41 Å². The Morgan fingerprint density at radius 3 is 2.82 bits per heavy atom. The standard InChI is InChI=1S/C22H18ClN5/c1-21(11-25)4-5-22(10-21)12-28-20-18(22)19(23)16(9-27-20)15-8-26-17-3-2-13(7-24)6-14(15)17/h2-3,6,8-9,26H,4-5,10,12H2,1H3,(H,27,28)/t21-,22-/m1/s1. The summed E-state index contributed by atoms with van der Waals surface area (Å²) in [4.78, 5) is 7.92. The van der Waals surface area contributed by atoms with Crippen LogP contribution in [0.2, 0.25) is 5.02 Å². The predicted molar refractivity (Wildman–Crippen MR) is 109 cm³/mol. The van der Waals surface area contributed by atoms with E-state index in [1.54, 1.807) is 12.3 Å². The average molecular weight is 388 g/mol. The number of aromatic amines is 1. The van der Waals surface area contributed by atoms with E-state index in [0.29, 0.717) is 10.6 Å². The zero-order valence-corrected chi connectivity index (χ0v) is 16.2. The maximum atomic E-state index is 9.61. The Hall–Kier alpha value is -3.02. The molecule has 3 heterocycles. The molecule has 2 atom stereocenters. The summed E-state index contributed by atoms with van der Waals surface area (Å²) in [5, 5.41) is 23.9. The van der Waals surface area contributed by atoms with E-state index >= 15 is 0 Å². The number of pyridine rings is 1. The molecular weight excluding hydrogens is 370 g/mol. The lowest BCUT2D eigenvalue weighted by Crippen LogP contribution is -2.27. The van der Waals surface area contributed by atoms with Gasteiger partial charge in [-0.05, 0) is 44.4 Å². The molecule has 1 spiro atoms. The van der Waals surface area contributed by atoms with Crippen molar-refractivity contribution in [3.63, 3.8) is 0 Å². The maximum absolute atomic E-state index is 9.61. The van der Waals surface area contributed by atoms with Gasteiger partial charge in [0.2, 0.25) is 0 Å². The van der Waals surface area contributed by atoms with Crippen LogP contribution in [0.3, 0.4) is 0 Å². The molecular formula is C22H18ClN5. The van der Waals surface area contributed by atoms with E-state index in [0.717, 1.165) is 59.2 Å². The molecule has 5 rings (SSSR count). The van der Waals surface area contributed by atoms with Gasteiger partial charge >= 0.3 is 0 Å². The minimum absolute atomic E-state index is 0.149. The normalized spacial score (nSPS) is 25.4. The molecule has 6 heteroatoms. The lowest BCUT2D eigenvalue weighted by atomic mass is 9.77. The lowest BCUT2D eigenvalue weighted by molar-refractivity contribution is 0.404. The molecule has 0 radical (unpaired) electrons. The Bertz CT molecular complexity index is 1210. The van der Waals surface area contributed by atoms with Crippen LogP contribution in [-0.4, -0.2) is 16.5 Å². The van der Waals surface area contributed by atoms with Gasteiger partial charge in [-0.25, -0.2) is 4.98 Å². The van der Waals surface area contributed by atoms with Crippen molar-refractivity contribution >= 4 is 28.3 Å². The number of nitrogens with one attached hydrogen (secondary N) is 2. The highest BCUT2D eigenvalue weighted by molar-refractivity contribution is 6.35. The van der Waals surface area contributed by atoms with Crippen molar-refractivity contribution in [1.29, 1.82) is 10.5 Å². The van der Waals surface area contributed by atoms with Crippen LogP contribution in [0.5, 0.6) is 0 Å². The number of hydrogen-bond donors (Lipinski definition) is 2. The second kappa shape index (κ2) is 5.74. The third-order valence-electron chi connectivity index (χ3n) is 6.39. The number of aromatic nitrogens is 2. The SMILES string of the molecule is C[C@@]1(C#N)CC[C@]2(CNc3ncc(-c4c[nH]c5ccc(C#N)cc45)c(Cl)c32)C1. The van der Waals surface area contributed by atoms with Gasteiger partial charge in [-0.3, -0.25) is 0 Å². The van der Waals surface area contributed by atoms with E-state index < -0.39 is 0 Å². The Morgan fingerprint density at radius 1 is 1.21 bits per heavy atom. The van der Waals surface area contributed by atoms with Crippen LogP contribution < -0.4 is 5.32 Å². The second-order valence-corrected chi connectivity index (χ2v) is 8.65. The molecule has 0 saturated heterocycles. The molecule has 2 aliphatic rings. The van der Waals surface area contributed by atoms with Crippen molar-refractivity contribution in [3.8, 4) is 23.3 Å². The zero-order valence-electron chi connectivity index (χ0n) is 15.4. The molecule has 1 fully saturated rings. The molecule has 0 amide bonds. The molecule has 2 N–H and O–H groups in total. The van der Waals surface area contributed by atoms with E-state index in [9.17, 15) is 10.5 Å². The Kier molecular flexibility index (Phi) is 3.50. The van der Waals surface area contributed by atoms with E-state index in [2.05, 4.69) is 27.4 Å². The number of nitriles is 2. The summed E-state index contributed by atoms with van der Waals surface area (Å²) in [5.41, 5.74) is 3.92. The fourth-order valence-corrected chi connectivity index (χ4v) is 5.39. The maximum Gasteiger partial charge on any atom is 0.131 e. The number of nitrogens with zero attached hydrogens (tertiary/aromatic N) is 3. The van der Waals surface area contributed by atoms with Crippen molar-refractivity contribution in [3.05, 3.63) is 46.7 Å². The fourth-order valence-electron chi connectivity index (χ4n) is 4.95. The second-order valence-electron chi connectivity index (χ2n) is 8.27. The third kappa shape index (κ3) is 2.27. The van der Waals surface area contributed by atoms with Crippen molar-refractivity contribution < 1.29 is 0 Å². The number of anilines is 1. The lowest BCUT2D eigenvalue weighted by Gasteiger charge is -2.26. The Balaban J connectivity index is 1.69. The summed E-state index contributed by atoms with van der Waals surface area (Å²) < 4.78 is 0. The smallest absolute Gasteiger partial charge is 0.131 e. The topological polar surface area (TPSA) is 88.3 Å². The third-order valence-corrected chi connectivity index (χ3v) is 6.79. The number of benzene rings is 1. The minimum Gasteiger partial charge on any atom is -0.369 e. The number of hydrogen-bond acceptors (Lipinski definition) is 4. The van der Waals surface area contributed by atoms with Gasteiger partial charge in [0.05, 0.1) is 28.1 Å². The minimum atomic E-state index is -0.328. The molecule has 138 valence electrons. The molecule has 1 aliphatic carbocycles. The summed E-state index contributed by atoms with van der Waals surface area (Å²) in [5.74, 6) is 0.827.